The summed E-state index contributed by atoms with van der Waals surface area (Å²) in [5, 5.41) is 2.72. The number of likely N-dealkylation sites (N-methyl/N-ethyl adjacent to an activating group) is 1. The number of sulfone groups is 1. The highest BCUT2D eigenvalue weighted by Crippen LogP contribution is 2.16. The van der Waals surface area contributed by atoms with Crippen LogP contribution in [0.25, 0.3) is 0 Å². The van der Waals surface area contributed by atoms with Crippen molar-refractivity contribution in [3.63, 3.8) is 0 Å². The van der Waals surface area contributed by atoms with E-state index in [2.05, 4.69) is 10.1 Å². The average Bonchev–Trinajstić information content (AvgIpc) is 2.86. The van der Waals surface area contributed by atoms with E-state index in [4.69, 9.17) is 0 Å². The highest BCUT2D eigenvalue weighted by Gasteiger charge is 2.31. The Labute approximate surface area is 139 Å². The van der Waals surface area contributed by atoms with E-state index >= 15 is 0 Å². The zero-order chi connectivity index (χ0) is 17.7. The van der Waals surface area contributed by atoms with Crippen LogP contribution in [0.5, 0.6) is 5.75 Å². The third-order valence-corrected chi connectivity index (χ3v) is 5.61. The van der Waals surface area contributed by atoms with Gasteiger partial charge >= 0.3 is 6.61 Å². The highest BCUT2D eigenvalue weighted by molar-refractivity contribution is 7.91. The van der Waals surface area contributed by atoms with Gasteiger partial charge in [-0.3, -0.25) is 9.69 Å². The lowest BCUT2D eigenvalue weighted by molar-refractivity contribution is -0.122. The Morgan fingerprint density at radius 3 is 2.58 bits per heavy atom. The van der Waals surface area contributed by atoms with Crippen LogP contribution in [0.15, 0.2) is 24.3 Å². The Hall–Kier alpha value is -1.74. The van der Waals surface area contributed by atoms with Gasteiger partial charge in [-0.05, 0) is 31.2 Å². The molecule has 6 nitrogen and oxygen atoms in total. The third-order valence-electron chi connectivity index (χ3n) is 3.86. The Kier molecular flexibility index (Phi) is 6.11. The largest absolute Gasteiger partial charge is 0.435 e. The third kappa shape index (κ3) is 5.72. The summed E-state index contributed by atoms with van der Waals surface area (Å²) >= 11 is 0. The van der Waals surface area contributed by atoms with Crippen molar-refractivity contribution in [2.45, 2.75) is 25.6 Å². The first-order chi connectivity index (χ1) is 11.2. The summed E-state index contributed by atoms with van der Waals surface area (Å²) in [5.41, 5.74) is 0.746. The molecule has 1 fully saturated rings. The van der Waals surface area contributed by atoms with Gasteiger partial charge in [-0.2, -0.15) is 8.78 Å². The summed E-state index contributed by atoms with van der Waals surface area (Å²) in [6.45, 7) is -2.51. The molecule has 2 rings (SSSR count). The number of carbonyl (C=O) groups is 1. The van der Waals surface area contributed by atoms with Gasteiger partial charge in [0.2, 0.25) is 5.91 Å². The van der Waals surface area contributed by atoms with Crippen LogP contribution in [0.4, 0.5) is 8.78 Å². The molecule has 0 aromatic heterocycles. The number of hydrogen-bond donors (Lipinski definition) is 1. The van der Waals surface area contributed by atoms with Crippen LogP contribution < -0.4 is 10.1 Å². The number of rotatable bonds is 7. The maximum absolute atomic E-state index is 12.1. The molecule has 24 heavy (non-hydrogen) atoms. The lowest BCUT2D eigenvalue weighted by Crippen LogP contribution is -2.41. The number of amides is 1. The van der Waals surface area contributed by atoms with Crippen LogP contribution in [0, 0.1) is 0 Å². The first-order valence-electron chi connectivity index (χ1n) is 7.46. The minimum absolute atomic E-state index is 0.0576. The van der Waals surface area contributed by atoms with Crippen molar-refractivity contribution in [2.75, 3.05) is 25.1 Å². The van der Waals surface area contributed by atoms with E-state index in [1.807, 2.05) is 0 Å². The maximum Gasteiger partial charge on any atom is 0.387 e. The van der Waals surface area contributed by atoms with Gasteiger partial charge in [0, 0.05) is 12.6 Å². The predicted molar refractivity (Wildman–Crippen MR) is 84.6 cm³/mol. The molecule has 0 spiro atoms. The molecule has 1 amide bonds. The fraction of sp³-hybridized carbons (Fsp3) is 0.533. The van der Waals surface area contributed by atoms with Crippen LogP contribution >= 0.6 is 0 Å². The van der Waals surface area contributed by atoms with E-state index in [0.717, 1.165) is 5.56 Å². The first-order valence-corrected chi connectivity index (χ1v) is 9.28. The summed E-state index contributed by atoms with van der Waals surface area (Å²) < 4.78 is 51.3. The molecule has 0 saturated carbocycles. The Bertz CT molecular complexity index is 665. The van der Waals surface area contributed by atoms with E-state index in [1.165, 1.54) is 12.1 Å². The molecule has 1 aromatic rings. The summed E-state index contributed by atoms with van der Waals surface area (Å²) in [6.07, 6.45) is 0.539. The zero-order valence-electron chi connectivity index (χ0n) is 13.2. The fourth-order valence-corrected chi connectivity index (χ4v) is 4.33. The standard InChI is InChI=1S/C15H20F2N2O4S/c1-19(12-6-7-24(21,22)10-12)9-14(20)18-8-11-2-4-13(5-3-11)23-15(16)17/h2-5,12,15H,6-10H2,1H3,(H,18,20). The van der Waals surface area contributed by atoms with Crippen LogP contribution in [0.2, 0.25) is 0 Å². The normalized spacial score (nSPS) is 19.6. The van der Waals surface area contributed by atoms with E-state index in [9.17, 15) is 22.0 Å². The van der Waals surface area contributed by atoms with Crippen molar-refractivity contribution >= 4 is 15.7 Å². The fourth-order valence-electron chi connectivity index (χ4n) is 2.52. The van der Waals surface area contributed by atoms with Gasteiger partial charge in [0.1, 0.15) is 5.75 Å². The summed E-state index contributed by atoms with van der Waals surface area (Å²) in [6, 6.07) is 5.86. The smallest absolute Gasteiger partial charge is 0.387 e. The number of alkyl halides is 2. The second-order valence-corrected chi connectivity index (χ2v) is 8.00. The Morgan fingerprint density at radius 1 is 1.38 bits per heavy atom. The van der Waals surface area contributed by atoms with Crippen molar-refractivity contribution in [3.8, 4) is 5.75 Å². The van der Waals surface area contributed by atoms with E-state index in [-0.39, 0.29) is 42.3 Å². The second kappa shape index (κ2) is 7.89. The number of halogens is 2. The molecule has 0 aliphatic carbocycles. The molecule has 1 saturated heterocycles. The summed E-state index contributed by atoms with van der Waals surface area (Å²) in [7, 11) is -1.26. The molecule has 1 aromatic carbocycles. The molecule has 9 heteroatoms. The van der Waals surface area contributed by atoms with Gasteiger partial charge in [0.05, 0.1) is 18.1 Å². The topological polar surface area (TPSA) is 75.7 Å². The molecule has 0 bridgehead atoms. The molecule has 1 aliphatic rings. The van der Waals surface area contributed by atoms with Crippen LogP contribution in [0.1, 0.15) is 12.0 Å². The highest BCUT2D eigenvalue weighted by atomic mass is 32.2. The van der Waals surface area contributed by atoms with Gasteiger partial charge in [0.15, 0.2) is 9.84 Å². The van der Waals surface area contributed by atoms with Crippen molar-refractivity contribution in [2.24, 2.45) is 0 Å². The molecule has 1 atom stereocenters. The van der Waals surface area contributed by atoms with Crippen LogP contribution in [-0.2, 0) is 21.2 Å². The van der Waals surface area contributed by atoms with Crippen molar-refractivity contribution in [3.05, 3.63) is 29.8 Å². The molecule has 1 heterocycles. The average molecular weight is 362 g/mol. The number of hydrogen-bond acceptors (Lipinski definition) is 5. The molecule has 1 aliphatic heterocycles. The van der Waals surface area contributed by atoms with Crippen molar-refractivity contribution in [1.29, 1.82) is 0 Å². The number of nitrogens with one attached hydrogen (secondary N) is 1. The number of carbonyl (C=O) groups excluding carboxylic acids is 1. The van der Waals surface area contributed by atoms with Gasteiger partial charge in [0.25, 0.3) is 0 Å². The molecule has 1 N–H and O–H groups in total. The molecular formula is C15H20F2N2O4S. The number of nitrogens with zero attached hydrogens (tertiary/aromatic N) is 1. The zero-order valence-corrected chi connectivity index (χ0v) is 14.1. The molecule has 1 unspecified atom stereocenters. The minimum atomic E-state index is -2.98. The molecule has 134 valence electrons. The van der Waals surface area contributed by atoms with Crippen LogP contribution in [0.3, 0.4) is 0 Å². The SMILES string of the molecule is CN(CC(=O)NCc1ccc(OC(F)F)cc1)C1CCS(=O)(=O)C1. The second-order valence-electron chi connectivity index (χ2n) is 5.77. The lowest BCUT2D eigenvalue weighted by Gasteiger charge is -2.22. The molecule has 0 radical (unpaired) electrons. The maximum atomic E-state index is 12.1. The summed E-state index contributed by atoms with van der Waals surface area (Å²) in [4.78, 5) is 13.7. The Balaban J connectivity index is 1.76. The number of ether oxygens (including phenoxy) is 1. The van der Waals surface area contributed by atoms with Crippen LogP contribution in [-0.4, -0.2) is 57.0 Å². The number of benzene rings is 1. The van der Waals surface area contributed by atoms with Gasteiger partial charge in [-0.25, -0.2) is 8.42 Å². The van der Waals surface area contributed by atoms with Crippen molar-refractivity contribution in [1.82, 2.24) is 10.2 Å². The van der Waals surface area contributed by atoms with Gasteiger partial charge < -0.3 is 10.1 Å². The van der Waals surface area contributed by atoms with E-state index in [1.54, 1.807) is 24.1 Å². The minimum Gasteiger partial charge on any atom is -0.435 e. The molecular weight excluding hydrogens is 342 g/mol. The van der Waals surface area contributed by atoms with Gasteiger partial charge in [-0.1, -0.05) is 12.1 Å². The first kappa shape index (κ1) is 18.6. The van der Waals surface area contributed by atoms with E-state index in [0.29, 0.717) is 6.42 Å². The monoisotopic (exact) mass is 362 g/mol. The lowest BCUT2D eigenvalue weighted by atomic mass is 10.2. The van der Waals surface area contributed by atoms with E-state index < -0.39 is 16.4 Å². The van der Waals surface area contributed by atoms with Crippen molar-refractivity contribution < 1.29 is 26.7 Å². The quantitative estimate of drug-likeness (QED) is 0.784. The van der Waals surface area contributed by atoms with Gasteiger partial charge in [-0.15, -0.1) is 0 Å². The summed E-state index contributed by atoms with van der Waals surface area (Å²) in [5.74, 6) is 0.0796. The predicted octanol–water partition coefficient (Wildman–Crippen LogP) is 1.02. The Morgan fingerprint density at radius 2 is 2.04 bits per heavy atom.